The third kappa shape index (κ3) is 3.26. The van der Waals surface area contributed by atoms with Crippen LogP contribution < -0.4 is 0 Å². The van der Waals surface area contributed by atoms with Gasteiger partial charge in [0.15, 0.2) is 9.84 Å². The minimum absolute atomic E-state index is 0.0299. The first kappa shape index (κ1) is 14.1. The Bertz CT molecular complexity index is 470. The summed E-state index contributed by atoms with van der Waals surface area (Å²) < 4.78 is 36.6. The summed E-state index contributed by atoms with van der Waals surface area (Å²) in [5.74, 6) is -0.511. The molecule has 0 aliphatic rings. The van der Waals surface area contributed by atoms with Gasteiger partial charge in [0.2, 0.25) is 0 Å². The van der Waals surface area contributed by atoms with Crippen molar-refractivity contribution in [3.05, 3.63) is 35.6 Å². The third-order valence-electron chi connectivity index (χ3n) is 2.81. The molecular formula is C12H17FO3S. The number of halogens is 1. The molecule has 0 spiro atoms. The van der Waals surface area contributed by atoms with Crippen molar-refractivity contribution in [1.29, 1.82) is 0 Å². The normalized spacial score (nSPS) is 15.5. The highest BCUT2D eigenvalue weighted by atomic mass is 32.2. The fraction of sp³-hybridized carbons (Fsp3) is 0.500. The Morgan fingerprint density at radius 3 is 2.47 bits per heavy atom. The molecule has 0 saturated heterocycles. The van der Waals surface area contributed by atoms with Crippen LogP contribution in [0.3, 0.4) is 0 Å². The van der Waals surface area contributed by atoms with E-state index in [1.807, 2.05) is 0 Å². The van der Waals surface area contributed by atoms with Gasteiger partial charge >= 0.3 is 0 Å². The fourth-order valence-corrected chi connectivity index (χ4v) is 3.28. The highest BCUT2D eigenvalue weighted by molar-refractivity contribution is 7.92. The first-order chi connectivity index (χ1) is 7.92. The van der Waals surface area contributed by atoms with E-state index in [-0.39, 0.29) is 5.75 Å². The molecule has 0 bridgehead atoms. The van der Waals surface area contributed by atoms with Crippen molar-refractivity contribution in [3.63, 3.8) is 0 Å². The lowest BCUT2D eigenvalue weighted by atomic mass is 10.1. The largest absolute Gasteiger partial charge is 0.387 e. The van der Waals surface area contributed by atoms with Gasteiger partial charge in [0, 0.05) is 5.75 Å². The van der Waals surface area contributed by atoms with E-state index in [4.69, 9.17) is 0 Å². The molecule has 0 aliphatic heterocycles. The Morgan fingerprint density at radius 2 is 2.00 bits per heavy atom. The zero-order valence-corrected chi connectivity index (χ0v) is 10.7. The van der Waals surface area contributed by atoms with Crippen molar-refractivity contribution < 1.29 is 17.9 Å². The van der Waals surface area contributed by atoms with Crippen LogP contribution in [0.1, 0.15) is 31.9 Å². The highest BCUT2D eigenvalue weighted by Gasteiger charge is 2.30. The van der Waals surface area contributed by atoms with Crippen molar-refractivity contribution in [3.8, 4) is 0 Å². The first-order valence-electron chi connectivity index (χ1n) is 5.57. The Morgan fingerprint density at radius 1 is 1.35 bits per heavy atom. The minimum Gasteiger partial charge on any atom is -0.387 e. The van der Waals surface area contributed by atoms with Gasteiger partial charge in [0.05, 0.1) is 11.4 Å². The number of hydrogen-bond donors (Lipinski definition) is 1. The zero-order valence-electron chi connectivity index (χ0n) is 9.93. The number of aliphatic hydroxyl groups is 1. The van der Waals surface area contributed by atoms with E-state index in [2.05, 4.69) is 0 Å². The van der Waals surface area contributed by atoms with Crippen molar-refractivity contribution in [2.24, 2.45) is 0 Å². The second-order valence-corrected chi connectivity index (χ2v) is 6.41. The number of benzene rings is 1. The van der Waals surface area contributed by atoms with Gasteiger partial charge in [0.25, 0.3) is 0 Å². The van der Waals surface area contributed by atoms with Gasteiger partial charge in [0.1, 0.15) is 5.82 Å². The summed E-state index contributed by atoms with van der Waals surface area (Å²) in [4.78, 5) is 0. The predicted molar refractivity (Wildman–Crippen MR) is 64.9 cm³/mol. The molecule has 0 saturated carbocycles. The second-order valence-electron chi connectivity index (χ2n) is 3.90. The van der Waals surface area contributed by atoms with Crippen LogP contribution in [0.25, 0.3) is 0 Å². The average Bonchev–Trinajstić information content (AvgIpc) is 2.29. The summed E-state index contributed by atoms with van der Waals surface area (Å²) in [7, 11) is -3.34. The van der Waals surface area contributed by atoms with Gasteiger partial charge in [-0.3, -0.25) is 0 Å². The first-order valence-corrected chi connectivity index (χ1v) is 7.29. The fourth-order valence-electron chi connectivity index (χ4n) is 1.79. The van der Waals surface area contributed by atoms with Crippen LogP contribution in [0.5, 0.6) is 0 Å². The second kappa shape index (κ2) is 5.60. The summed E-state index contributed by atoms with van der Waals surface area (Å²) in [6, 6.07) is 5.41. The molecule has 1 aromatic carbocycles. The van der Waals surface area contributed by atoms with Gasteiger partial charge in [-0.25, -0.2) is 12.8 Å². The molecule has 1 N–H and O–H groups in total. The third-order valence-corrected chi connectivity index (χ3v) is 5.13. The van der Waals surface area contributed by atoms with E-state index < -0.39 is 27.0 Å². The molecule has 0 unspecified atom stereocenters. The van der Waals surface area contributed by atoms with Crippen molar-refractivity contribution in [1.82, 2.24) is 0 Å². The van der Waals surface area contributed by atoms with Gasteiger partial charge in [-0.05, 0) is 24.1 Å². The molecule has 0 aromatic heterocycles. The topological polar surface area (TPSA) is 54.4 Å². The molecule has 5 heteroatoms. The molecule has 2 atom stereocenters. The number of rotatable bonds is 5. The molecule has 3 nitrogen and oxygen atoms in total. The molecule has 0 aliphatic carbocycles. The quantitative estimate of drug-likeness (QED) is 0.881. The molecule has 1 aromatic rings. The molecule has 96 valence electrons. The van der Waals surface area contributed by atoms with Crippen LogP contribution in [0.15, 0.2) is 24.3 Å². The maximum Gasteiger partial charge on any atom is 0.155 e. The van der Waals surface area contributed by atoms with Crippen LogP contribution >= 0.6 is 0 Å². The molecule has 0 amide bonds. The van der Waals surface area contributed by atoms with E-state index in [0.717, 1.165) is 0 Å². The van der Waals surface area contributed by atoms with Gasteiger partial charge < -0.3 is 5.11 Å². The predicted octanol–water partition coefficient (Wildman–Crippen LogP) is 2.07. The molecule has 1 rings (SSSR count). The van der Waals surface area contributed by atoms with Crippen LogP contribution in [-0.2, 0) is 9.84 Å². The van der Waals surface area contributed by atoms with Crippen LogP contribution in [0.2, 0.25) is 0 Å². The Hall–Kier alpha value is -0.940. The maximum absolute atomic E-state index is 13.0. The monoisotopic (exact) mass is 260 g/mol. The van der Waals surface area contributed by atoms with E-state index in [9.17, 15) is 17.9 Å². The van der Waals surface area contributed by atoms with E-state index in [0.29, 0.717) is 12.0 Å². The van der Waals surface area contributed by atoms with Gasteiger partial charge in [-0.1, -0.05) is 26.0 Å². The van der Waals surface area contributed by atoms with Crippen molar-refractivity contribution in [2.75, 3.05) is 5.75 Å². The van der Waals surface area contributed by atoms with Crippen LogP contribution in [-0.4, -0.2) is 24.5 Å². The van der Waals surface area contributed by atoms with Crippen molar-refractivity contribution >= 4 is 9.84 Å². The lowest BCUT2D eigenvalue weighted by Crippen LogP contribution is -2.29. The summed E-state index contributed by atoms with van der Waals surface area (Å²) >= 11 is 0. The molecule has 0 fully saturated rings. The summed E-state index contributed by atoms with van der Waals surface area (Å²) in [6.07, 6.45) is -0.880. The van der Waals surface area contributed by atoms with Crippen LogP contribution in [0.4, 0.5) is 4.39 Å². The summed E-state index contributed by atoms with van der Waals surface area (Å²) in [5.41, 5.74) is 0.300. The van der Waals surface area contributed by atoms with E-state index in [1.165, 1.54) is 31.2 Å². The molecular weight excluding hydrogens is 243 g/mol. The number of sulfone groups is 1. The Balaban J connectivity index is 3.06. The minimum atomic E-state index is -3.34. The Kier molecular flexibility index (Phi) is 4.65. The van der Waals surface area contributed by atoms with Crippen molar-refractivity contribution in [2.45, 2.75) is 31.6 Å². The average molecular weight is 260 g/mol. The summed E-state index contributed by atoms with van der Waals surface area (Å²) in [5, 5.41) is 9.15. The lowest BCUT2D eigenvalue weighted by Gasteiger charge is -2.21. The standard InChI is InChI=1S/C12H17FO3S/c1-3-11(17(15,16)4-2)12(14)9-6-5-7-10(13)8-9/h5-8,11-12,14H,3-4H2,1-2H3/t11-,12+/m1/s1. The summed E-state index contributed by atoms with van der Waals surface area (Å²) in [6.45, 7) is 3.23. The van der Waals surface area contributed by atoms with Gasteiger partial charge in [-0.2, -0.15) is 0 Å². The number of hydrogen-bond acceptors (Lipinski definition) is 3. The molecule has 17 heavy (non-hydrogen) atoms. The molecule has 0 heterocycles. The maximum atomic E-state index is 13.0. The van der Waals surface area contributed by atoms with Crippen LogP contribution in [0, 0.1) is 5.82 Å². The van der Waals surface area contributed by atoms with E-state index >= 15 is 0 Å². The Labute approximate surface area is 101 Å². The van der Waals surface area contributed by atoms with Gasteiger partial charge in [-0.15, -0.1) is 0 Å². The molecule has 0 radical (unpaired) electrons. The zero-order chi connectivity index (χ0) is 13.1. The smallest absolute Gasteiger partial charge is 0.155 e. The SMILES string of the molecule is CC[C@H]([C@@H](O)c1cccc(F)c1)S(=O)(=O)CC. The number of aliphatic hydroxyl groups excluding tert-OH is 1. The highest BCUT2D eigenvalue weighted by Crippen LogP contribution is 2.25. The lowest BCUT2D eigenvalue weighted by molar-refractivity contribution is 0.168. The van der Waals surface area contributed by atoms with E-state index in [1.54, 1.807) is 6.92 Å².